The molecule has 8 heteroatoms. The van der Waals surface area contributed by atoms with Crippen LogP contribution in [0.1, 0.15) is 11.4 Å². The smallest absolute Gasteiger partial charge is 0.234 e. The number of nitrogens with zero attached hydrogens (tertiary/aromatic N) is 4. The van der Waals surface area contributed by atoms with Gasteiger partial charge in [-0.3, -0.25) is 9.47 Å². The van der Waals surface area contributed by atoms with E-state index in [4.69, 9.17) is 4.74 Å². The van der Waals surface area contributed by atoms with Crippen molar-refractivity contribution in [2.75, 3.05) is 18.2 Å². The number of methoxy groups -OCH3 is 1. The molecule has 3 aromatic rings. The molecule has 0 aliphatic heterocycles. The minimum absolute atomic E-state index is 0.131. The number of hydrogen-bond acceptors (Lipinski definition) is 5. The number of carbonyl (C=O) groups excluding carboxylic acids is 1. The maximum Gasteiger partial charge on any atom is 0.234 e. The van der Waals surface area contributed by atoms with Crippen LogP contribution in [0.2, 0.25) is 0 Å². The normalized spacial score (nSPS) is 10.7. The number of amides is 1. The number of aryl methyl sites for hydroxylation is 2. The Kier molecular flexibility index (Phi) is 5.08. The van der Waals surface area contributed by atoms with Gasteiger partial charge in [0.05, 0.1) is 18.6 Å². The van der Waals surface area contributed by atoms with Crippen LogP contribution < -0.4 is 10.1 Å². The van der Waals surface area contributed by atoms with E-state index < -0.39 is 0 Å². The Bertz CT molecular complexity index is 873. The Balaban J connectivity index is 1.69. The molecule has 0 radical (unpaired) electrons. The number of hydrogen-bond donors (Lipinski definition) is 1. The molecule has 1 aromatic carbocycles. The molecule has 0 aliphatic carbocycles. The third-order valence-electron chi connectivity index (χ3n) is 3.55. The lowest BCUT2D eigenvalue weighted by molar-refractivity contribution is -0.113. The summed E-state index contributed by atoms with van der Waals surface area (Å²) in [5.74, 6) is 1.47. The van der Waals surface area contributed by atoms with Gasteiger partial charge in [-0.25, -0.2) is 4.68 Å². The molecule has 0 saturated carbocycles. The van der Waals surface area contributed by atoms with Gasteiger partial charge >= 0.3 is 0 Å². The summed E-state index contributed by atoms with van der Waals surface area (Å²) < 4.78 is 9.01. The summed E-state index contributed by atoms with van der Waals surface area (Å²) in [5, 5.41) is 11.8. The molecule has 0 atom stereocenters. The van der Waals surface area contributed by atoms with Crippen molar-refractivity contribution in [3.8, 4) is 5.75 Å². The average Bonchev–Trinajstić information content (AvgIpc) is 3.22. The molecule has 0 saturated heterocycles. The van der Waals surface area contributed by atoms with Gasteiger partial charge in [-0.05, 0) is 43.7 Å². The van der Waals surface area contributed by atoms with Crippen molar-refractivity contribution >= 4 is 23.4 Å². The molecule has 0 spiro atoms. The predicted molar refractivity (Wildman–Crippen MR) is 97.1 cm³/mol. The maximum atomic E-state index is 12.3. The molecule has 0 bridgehead atoms. The van der Waals surface area contributed by atoms with E-state index in [9.17, 15) is 4.79 Å². The number of benzene rings is 1. The third kappa shape index (κ3) is 3.85. The highest BCUT2D eigenvalue weighted by Crippen LogP contribution is 2.26. The van der Waals surface area contributed by atoms with Crippen LogP contribution in [-0.4, -0.2) is 38.3 Å². The van der Waals surface area contributed by atoms with E-state index in [1.807, 2.05) is 65.9 Å². The first-order valence-corrected chi connectivity index (χ1v) is 8.70. The Morgan fingerprint density at radius 3 is 2.72 bits per heavy atom. The van der Waals surface area contributed by atoms with E-state index in [1.54, 1.807) is 7.11 Å². The molecular formula is C17H19N5O2S. The summed E-state index contributed by atoms with van der Waals surface area (Å²) in [5.41, 5.74) is 1.71. The number of thioether (sulfide) groups is 1. The van der Waals surface area contributed by atoms with Crippen molar-refractivity contribution in [1.29, 1.82) is 0 Å². The number of nitrogens with one attached hydrogen (secondary N) is 1. The van der Waals surface area contributed by atoms with E-state index in [-0.39, 0.29) is 11.7 Å². The predicted octanol–water partition coefficient (Wildman–Crippen LogP) is 2.75. The van der Waals surface area contributed by atoms with Crippen molar-refractivity contribution in [2.45, 2.75) is 19.0 Å². The molecule has 0 aliphatic rings. The van der Waals surface area contributed by atoms with Crippen molar-refractivity contribution in [3.05, 3.63) is 54.1 Å². The van der Waals surface area contributed by atoms with E-state index in [2.05, 4.69) is 15.5 Å². The summed E-state index contributed by atoms with van der Waals surface area (Å²) in [4.78, 5) is 12.3. The second kappa shape index (κ2) is 7.43. The van der Waals surface area contributed by atoms with Crippen LogP contribution in [0.15, 0.2) is 47.9 Å². The average molecular weight is 357 g/mol. The largest absolute Gasteiger partial charge is 0.495 e. The zero-order valence-corrected chi connectivity index (χ0v) is 15.1. The van der Waals surface area contributed by atoms with Crippen molar-refractivity contribution in [3.63, 3.8) is 0 Å². The summed E-state index contributed by atoms with van der Waals surface area (Å²) in [6, 6.07) is 9.50. The quantitative estimate of drug-likeness (QED) is 0.687. The van der Waals surface area contributed by atoms with Crippen molar-refractivity contribution < 1.29 is 9.53 Å². The van der Waals surface area contributed by atoms with Gasteiger partial charge in [0.25, 0.3) is 0 Å². The zero-order chi connectivity index (χ0) is 17.8. The molecule has 1 amide bonds. The number of ether oxygens (including phenoxy) is 1. The zero-order valence-electron chi connectivity index (χ0n) is 14.3. The van der Waals surface area contributed by atoms with E-state index in [1.165, 1.54) is 11.8 Å². The van der Waals surface area contributed by atoms with Gasteiger partial charge in [0.1, 0.15) is 5.75 Å². The molecule has 2 heterocycles. The molecule has 0 unspecified atom stereocenters. The Morgan fingerprint density at radius 1 is 1.24 bits per heavy atom. The Labute approximate surface area is 150 Å². The number of aromatic nitrogens is 4. The fourth-order valence-corrected chi connectivity index (χ4v) is 3.17. The molecule has 3 rings (SSSR count). The van der Waals surface area contributed by atoms with Crippen LogP contribution in [0, 0.1) is 13.8 Å². The van der Waals surface area contributed by atoms with Crippen LogP contribution in [0.4, 0.5) is 5.69 Å². The second-order valence-corrected chi connectivity index (χ2v) is 6.39. The van der Waals surface area contributed by atoms with Crippen molar-refractivity contribution in [1.82, 2.24) is 19.5 Å². The van der Waals surface area contributed by atoms with Crippen LogP contribution in [0.25, 0.3) is 0 Å². The molecule has 2 aromatic heterocycles. The first kappa shape index (κ1) is 17.1. The SMILES string of the molecule is COc1ccc(C)cc1NC(=O)CSc1nnc(C)n1-n1cccc1. The van der Waals surface area contributed by atoms with Crippen LogP contribution in [0.3, 0.4) is 0 Å². The number of carbonyl (C=O) groups is 1. The monoisotopic (exact) mass is 357 g/mol. The van der Waals surface area contributed by atoms with Gasteiger partial charge in [-0.15, -0.1) is 10.2 Å². The summed E-state index contributed by atoms with van der Waals surface area (Å²) in [6.45, 7) is 3.83. The van der Waals surface area contributed by atoms with Gasteiger partial charge in [0.15, 0.2) is 5.82 Å². The Morgan fingerprint density at radius 2 is 2.00 bits per heavy atom. The standard InChI is InChI=1S/C17H19N5O2S/c1-12-6-7-15(24-3)14(10-12)18-16(23)11-25-17-20-19-13(2)22(17)21-8-4-5-9-21/h4-10H,11H2,1-3H3,(H,18,23). The molecule has 1 N–H and O–H groups in total. The summed E-state index contributed by atoms with van der Waals surface area (Å²) >= 11 is 1.33. The third-order valence-corrected chi connectivity index (χ3v) is 4.47. The van der Waals surface area contributed by atoms with Crippen LogP contribution in [-0.2, 0) is 4.79 Å². The highest BCUT2D eigenvalue weighted by Gasteiger charge is 2.14. The lowest BCUT2D eigenvalue weighted by atomic mass is 10.2. The summed E-state index contributed by atoms with van der Waals surface area (Å²) in [6.07, 6.45) is 3.80. The van der Waals surface area contributed by atoms with Gasteiger partial charge in [0, 0.05) is 12.4 Å². The highest BCUT2D eigenvalue weighted by molar-refractivity contribution is 7.99. The summed E-state index contributed by atoms with van der Waals surface area (Å²) in [7, 11) is 1.58. The molecular weight excluding hydrogens is 338 g/mol. The highest BCUT2D eigenvalue weighted by atomic mass is 32.2. The molecule has 0 fully saturated rings. The first-order valence-electron chi connectivity index (χ1n) is 7.71. The van der Waals surface area contributed by atoms with Crippen LogP contribution in [0.5, 0.6) is 5.75 Å². The minimum Gasteiger partial charge on any atom is -0.495 e. The minimum atomic E-state index is -0.131. The topological polar surface area (TPSA) is 74.0 Å². The lowest BCUT2D eigenvalue weighted by Gasteiger charge is -2.11. The van der Waals surface area contributed by atoms with E-state index in [0.29, 0.717) is 16.6 Å². The second-order valence-electron chi connectivity index (χ2n) is 5.45. The number of rotatable bonds is 6. The van der Waals surface area contributed by atoms with Gasteiger partial charge < -0.3 is 10.1 Å². The van der Waals surface area contributed by atoms with Crippen molar-refractivity contribution in [2.24, 2.45) is 0 Å². The number of anilines is 1. The fourth-order valence-electron chi connectivity index (χ4n) is 2.39. The van der Waals surface area contributed by atoms with E-state index in [0.717, 1.165) is 11.4 Å². The molecule has 130 valence electrons. The lowest BCUT2D eigenvalue weighted by Crippen LogP contribution is -2.16. The van der Waals surface area contributed by atoms with Gasteiger partial charge in [-0.1, -0.05) is 17.8 Å². The first-order chi connectivity index (χ1) is 12.1. The maximum absolute atomic E-state index is 12.3. The molecule has 25 heavy (non-hydrogen) atoms. The van der Waals surface area contributed by atoms with Gasteiger partial charge in [-0.2, -0.15) is 0 Å². The van der Waals surface area contributed by atoms with Gasteiger partial charge in [0.2, 0.25) is 11.1 Å². The van der Waals surface area contributed by atoms with E-state index >= 15 is 0 Å². The van der Waals surface area contributed by atoms with Crippen LogP contribution >= 0.6 is 11.8 Å². The fraction of sp³-hybridized carbons (Fsp3) is 0.235. The Hall–Kier alpha value is -2.74. The molecule has 7 nitrogen and oxygen atoms in total.